The second kappa shape index (κ2) is 14.6. The Labute approximate surface area is 210 Å². The number of hydrogen-bond donors (Lipinski definition) is 0. The van der Waals surface area contributed by atoms with E-state index in [1.54, 1.807) is 0 Å². The first-order valence-corrected chi connectivity index (χ1v) is 12.5. The van der Waals surface area contributed by atoms with Gasteiger partial charge in [0.25, 0.3) is 0 Å². The van der Waals surface area contributed by atoms with E-state index in [0.717, 1.165) is 6.54 Å². The molecule has 0 atom stereocenters. The first-order chi connectivity index (χ1) is 15.1. The van der Waals surface area contributed by atoms with E-state index in [1.165, 1.54) is 22.2 Å². The summed E-state index contributed by atoms with van der Waals surface area (Å²) < 4.78 is 0. The van der Waals surface area contributed by atoms with Crippen molar-refractivity contribution in [3.8, 4) is 0 Å². The van der Waals surface area contributed by atoms with Crippen molar-refractivity contribution in [3.63, 3.8) is 0 Å². The molecule has 32 heavy (non-hydrogen) atoms. The van der Waals surface area contributed by atoms with Crippen LogP contribution in [0.2, 0.25) is 0 Å². The van der Waals surface area contributed by atoms with Gasteiger partial charge in [0.2, 0.25) is 0 Å². The Balaban J connectivity index is 0.000000534. The molecule has 2 aliphatic carbocycles. The van der Waals surface area contributed by atoms with Crippen molar-refractivity contribution in [3.05, 3.63) is 124 Å². The standard InChI is InChI=1S/C24H29NP.C5H5.Fe/c1-19(2)25(20(3)4)18-21-12-11-17-24(21)26(22-13-7-5-8-14-22)23-15-9-6-10-16-23;1-2-4-5-3-1;/h5-17,19-20H,18H2,1-4H3;1-5H;/q;;+2. The van der Waals surface area contributed by atoms with Crippen LogP contribution in [0.25, 0.3) is 0 Å². The van der Waals surface area contributed by atoms with Crippen LogP contribution >= 0.6 is 7.92 Å². The van der Waals surface area contributed by atoms with Crippen molar-refractivity contribution in [2.45, 2.75) is 39.8 Å². The molecule has 2 saturated carbocycles. The van der Waals surface area contributed by atoms with Gasteiger partial charge in [0.05, 0.1) is 0 Å². The molecule has 10 radical (unpaired) electrons. The Morgan fingerprint density at radius 2 is 1.06 bits per heavy atom. The first-order valence-electron chi connectivity index (χ1n) is 11.1. The van der Waals surface area contributed by atoms with Crippen molar-refractivity contribution in [2.24, 2.45) is 0 Å². The minimum absolute atomic E-state index is 0. The van der Waals surface area contributed by atoms with Crippen molar-refractivity contribution in [2.75, 3.05) is 6.54 Å². The molecule has 3 heteroatoms. The summed E-state index contributed by atoms with van der Waals surface area (Å²) in [6, 6.07) is 23.0. The Hall–Kier alpha value is -0.651. The van der Waals surface area contributed by atoms with Gasteiger partial charge in [-0.2, -0.15) is 0 Å². The molecule has 1 nitrogen and oxygen atoms in total. The van der Waals surface area contributed by atoms with E-state index in [-0.39, 0.29) is 17.1 Å². The quantitative estimate of drug-likeness (QED) is 0.346. The second-order valence-corrected chi connectivity index (χ2v) is 10.5. The maximum absolute atomic E-state index is 2.57. The van der Waals surface area contributed by atoms with E-state index < -0.39 is 7.92 Å². The van der Waals surface area contributed by atoms with Gasteiger partial charge in [-0.1, -0.05) is 60.7 Å². The fourth-order valence-electron chi connectivity index (χ4n) is 3.86. The van der Waals surface area contributed by atoms with E-state index in [0.29, 0.717) is 12.1 Å². The van der Waals surface area contributed by atoms with Crippen LogP contribution in [0, 0.1) is 62.9 Å². The molecule has 166 valence electrons. The summed E-state index contributed by atoms with van der Waals surface area (Å²) in [5.41, 5.74) is 1.49. The number of benzene rings is 2. The zero-order chi connectivity index (χ0) is 22.1. The summed E-state index contributed by atoms with van der Waals surface area (Å²) in [5.74, 6) is 1.46. The molecule has 0 heterocycles. The first kappa shape index (κ1) is 27.6. The zero-order valence-corrected chi connectivity index (χ0v) is 21.5. The second-order valence-electron chi connectivity index (χ2n) is 8.26. The molecule has 0 spiro atoms. The minimum atomic E-state index is -0.526. The molecule has 4 rings (SSSR count). The van der Waals surface area contributed by atoms with Gasteiger partial charge < -0.3 is 0 Å². The van der Waals surface area contributed by atoms with Crippen LogP contribution in [0.4, 0.5) is 0 Å². The molecule has 0 aromatic heterocycles. The van der Waals surface area contributed by atoms with E-state index in [9.17, 15) is 0 Å². The van der Waals surface area contributed by atoms with Gasteiger partial charge in [-0.25, -0.2) is 0 Å². The molecule has 0 aliphatic heterocycles. The molecule has 2 aromatic carbocycles. The van der Waals surface area contributed by atoms with Gasteiger partial charge in [0, 0.05) is 30.2 Å². The van der Waals surface area contributed by atoms with Crippen LogP contribution in [-0.4, -0.2) is 23.5 Å². The normalized spacial score (nSPS) is 17.1. The average Bonchev–Trinajstić information content (AvgIpc) is 3.49. The Morgan fingerprint density at radius 1 is 0.625 bits per heavy atom. The van der Waals surface area contributed by atoms with E-state index in [2.05, 4.69) is 113 Å². The summed E-state index contributed by atoms with van der Waals surface area (Å²) in [6.45, 7) is 10.2. The van der Waals surface area contributed by atoms with Crippen LogP contribution in [0.15, 0.2) is 60.7 Å². The SMILES string of the molecule is CC(C)N(C[C]1[CH][CH][CH][C]1P(c1ccccc1)c1ccccc1)C(C)C.[CH]1[CH][CH][CH][CH]1.[Fe+2]. The van der Waals surface area contributed by atoms with Crippen LogP contribution in [0.3, 0.4) is 0 Å². The topological polar surface area (TPSA) is 3.24 Å². The van der Waals surface area contributed by atoms with Gasteiger partial charge in [0.15, 0.2) is 0 Å². The van der Waals surface area contributed by atoms with E-state index in [1.807, 2.05) is 32.1 Å². The molecule has 2 aliphatic rings. The van der Waals surface area contributed by atoms with Gasteiger partial charge in [-0.05, 0) is 97.6 Å². The van der Waals surface area contributed by atoms with Crippen LogP contribution in [-0.2, 0) is 17.1 Å². The molecule has 2 fully saturated rings. The third kappa shape index (κ3) is 7.99. The van der Waals surface area contributed by atoms with Crippen molar-refractivity contribution in [1.29, 1.82) is 0 Å². The fraction of sp³-hybridized carbons (Fsp3) is 0.241. The predicted molar refractivity (Wildman–Crippen MR) is 137 cm³/mol. The van der Waals surface area contributed by atoms with Crippen molar-refractivity contribution >= 4 is 18.5 Å². The molecule has 0 saturated heterocycles. The molecular formula is C29H34FeNP+2. The molecule has 0 unspecified atom stereocenters. The summed E-state index contributed by atoms with van der Waals surface area (Å²) in [4.78, 5) is 2.57. The summed E-state index contributed by atoms with van der Waals surface area (Å²) in [5, 5.41) is 2.84. The number of hydrogen-bond acceptors (Lipinski definition) is 1. The van der Waals surface area contributed by atoms with Crippen LogP contribution in [0.1, 0.15) is 27.7 Å². The van der Waals surface area contributed by atoms with Crippen LogP contribution in [0.5, 0.6) is 0 Å². The maximum atomic E-state index is 2.57. The Bertz CT molecular complexity index is 674. The summed E-state index contributed by atoms with van der Waals surface area (Å²) in [6.07, 6.45) is 16.9. The fourth-order valence-corrected chi connectivity index (χ4v) is 6.32. The third-order valence-corrected chi connectivity index (χ3v) is 7.93. The Kier molecular flexibility index (Phi) is 12.6. The zero-order valence-electron chi connectivity index (χ0n) is 19.5. The Morgan fingerprint density at radius 3 is 1.47 bits per heavy atom. The van der Waals surface area contributed by atoms with Crippen molar-refractivity contribution in [1.82, 2.24) is 4.90 Å². The van der Waals surface area contributed by atoms with Gasteiger partial charge in [-0.3, -0.25) is 4.90 Å². The largest absolute Gasteiger partial charge is 2.00 e. The summed E-state index contributed by atoms with van der Waals surface area (Å²) >= 11 is 0. The van der Waals surface area contributed by atoms with Gasteiger partial charge >= 0.3 is 17.1 Å². The molecule has 2 aromatic rings. The maximum Gasteiger partial charge on any atom is 2.00 e. The number of nitrogens with zero attached hydrogens (tertiary/aromatic N) is 1. The third-order valence-electron chi connectivity index (χ3n) is 5.39. The minimum Gasteiger partial charge on any atom is -0.298 e. The smallest absolute Gasteiger partial charge is 0.298 e. The molecule has 0 bridgehead atoms. The van der Waals surface area contributed by atoms with Gasteiger partial charge in [0.1, 0.15) is 0 Å². The van der Waals surface area contributed by atoms with Gasteiger partial charge in [-0.15, -0.1) is 0 Å². The van der Waals surface area contributed by atoms with Crippen LogP contribution < -0.4 is 10.6 Å². The average molecular weight is 483 g/mol. The van der Waals surface area contributed by atoms with E-state index in [4.69, 9.17) is 0 Å². The monoisotopic (exact) mass is 483 g/mol. The van der Waals surface area contributed by atoms with Crippen molar-refractivity contribution < 1.29 is 17.1 Å². The molecule has 0 amide bonds. The van der Waals surface area contributed by atoms with E-state index >= 15 is 0 Å². The summed E-state index contributed by atoms with van der Waals surface area (Å²) in [7, 11) is -0.526. The predicted octanol–water partition coefficient (Wildman–Crippen LogP) is 5.99. The molecule has 0 N–H and O–H groups in total. The number of rotatable bonds is 7. The molecular weight excluding hydrogens is 449 g/mol.